The maximum Gasteiger partial charge on any atom is 0.254 e. The van der Waals surface area contributed by atoms with Crippen molar-refractivity contribution in [1.29, 1.82) is 0 Å². The number of sulfonamides is 1. The summed E-state index contributed by atoms with van der Waals surface area (Å²) in [5, 5.41) is 0. The highest BCUT2D eigenvalue weighted by Gasteiger charge is 2.32. The Balaban J connectivity index is 1.75. The van der Waals surface area contributed by atoms with Crippen LogP contribution in [0.3, 0.4) is 0 Å². The lowest BCUT2D eigenvalue weighted by atomic mass is 10.2. The molecule has 2 aromatic rings. The number of morpholine rings is 1. The van der Waals surface area contributed by atoms with E-state index in [2.05, 4.69) is 0 Å². The number of carbonyl (C=O) groups excluding carboxylic acids is 1. The van der Waals surface area contributed by atoms with Crippen LogP contribution in [0.4, 0.5) is 0 Å². The molecule has 29 heavy (non-hydrogen) atoms. The molecule has 1 saturated heterocycles. The maximum atomic E-state index is 13.0. The number of hydrogen-bond donors (Lipinski definition) is 0. The van der Waals surface area contributed by atoms with Gasteiger partial charge in [-0.2, -0.15) is 4.31 Å². The fourth-order valence-electron chi connectivity index (χ4n) is 3.38. The normalized spacial score (nSPS) is 20.6. The predicted octanol–water partition coefficient (Wildman–Crippen LogP) is 3.86. The summed E-state index contributed by atoms with van der Waals surface area (Å²) >= 11 is 7.41. The molecule has 1 aliphatic rings. The van der Waals surface area contributed by atoms with Gasteiger partial charge in [-0.1, -0.05) is 11.6 Å². The Kier molecular flexibility index (Phi) is 7.01. The Morgan fingerprint density at radius 1 is 1.17 bits per heavy atom. The summed E-state index contributed by atoms with van der Waals surface area (Å²) < 4.78 is 33.7. The van der Waals surface area contributed by atoms with Crippen molar-refractivity contribution >= 4 is 38.9 Å². The van der Waals surface area contributed by atoms with E-state index in [4.69, 9.17) is 16.3 Å². The SMILES string of the molecule is CCN(Cc1ccc(Cl)s1)C(=O)c1ccc(S(=O)(=O)N2CC(C)OC(C)C2)cc1. The van der Waals surface area contributed by atoms with Crippen molar-refractivity contribution in [2.75, 3.05) is 19.6 Å². The van der Waals surface area contributed by atoms with Crippen LogP contribution in [0.5, 0.6) is 0 Å². The summed E-state index contributed by atoms with van der Waals surface area (Å²) in [5.41, 5.74) is 0.456. The molecule has 2 heterocycles. The molecule has 0 saturated carbocycles. The minimum absolute atomic E-state index is 0.144. The molecule has 0 aliphatic carbocycles. The molecule has 0 N–H and O–H groups in total. The molecule has 1 aromatic heterocycles. The van der Waals surface area contributed by atoms with Gasteiger partial charge in [0, 0.05) is 30.1 Å². The second-order valence-electron chi connectivity index (χ2n) is 7.13. The molecule has 0 radical (unpaired) electrons. The molecule has 1 fully saturated rings. The zero-order valence-electron chi connectivity index (χ0n) is 16.7. The van der Waals surface area contributed by atoms with Gasteiger partial charge in [-0.25, -0.2) is 8.42 Å². The van der Waals surface area contributed by atoms with Gasteiger partial charge < -0.3 is 9.64 Å². The fraction of sp³-hybridized carbons (Fsp3) is 0.450. The summed E-state index contributed by atoms with van der Waals surface area (Å²) in [6.07, 6.45) is -0.309. The van der Waals surface area contributed by atoms with E-state index in [1.807, 2.05) is 32.9 Å². The van der Waals surface area contributed by atoms with Crippen LogP contribution in [0, 0.1) is 0 Å². The zero-order chi connectivity index (χ0) is 21.2. The molecule has 1 aromatic carbocycles. The third-order valence-electron chi connectivity index (χ3n) is 4.77. The van der Waals surface area contributed by atoms with Crippen LogP contribution in [0.25, 0.3) is 0 Å². The van der Waals surface area contributed by atoms with Crippen molar-refractivity contribution in [1.82, 2.24) is 9.21 Å². The number of nitrogens with zero attached hydrogens (tertiary/aromatic N) is 2. The van der Waals surface area contributed by atoms with Gasteiger partial charge in [-0.3, -0.25) is 4.79 Å². The lowest BCUT2D eigenvalue weighted by Crippen LogP contribution is -2.48. The number of ether oxygens (including phenoxy) is 1. The Morgan fingerprint density at radius 3 is 2.31 bits per heavy atom. The first-order chi connectivity index (χ1) is 13.7. The van der Waals surface area contributed by atoms with Crippen LogP contribution < -0.4 is 0 Å². The van der Waals surface area contributed by atoms with Gasteiger partial charge in [0.2, 0.25) is 10.0 Å². The fourth-order valence-corrected chi connectivity index (χ4v) is 6.07. The molecule has 158 valence electrons. The van der Waals surface area contributed by atoms with Gasteiger partial charge in [-0.15, -0.1) is 11.3 Å². The minimum atomic E-state index is -3.63. The third-order valence-corrected chi connectivity index (χ3v) is 7.83. The van der Waals surface area contributed by atoms with Gasteiger partial charge in [-0.05, 0) is 57.2 Å². The molecule has 6 nitrogen and oxygen atoms in total. The first-order valence-electron chi connectivity index (χ1n) is 9.50. The second-order valence-corrected chi connectivity index (χ2v) is 10.9. The topological polar surface area (TPSA) is 66.9 Å². The van der Waals surface area contributed by atoms with E-state index < -0.39 is 10.0 Å². The molecule has 9 heteroatoms. The number of thiophene rings is 1. The number of halogens is 1. The highest BCUT2D eigenvalue weighted by atomic mass is 35.5. The van der Waals surface area contributed by atoms with Crippen molar-refractivity contribution in [3.05, 3.63) is 51.2 Å². The van der Waals surface area contributed by atoms with Crippen molar-refractivity contribution in [2.45, 2.75) is 44.4 Å². The average molecular weight is 457 g/mol. The predicted molar refractivity (Wildman–Crippen MR) is 115 cm³/mol. The van der Waals surface area contributed by atoms with E-state index in [9.17, 15) is 13.2 Å². The summed E-state index contributed by atoms with van der Waals surface area (Å²) in [5.74, 6) is -0.144. The Bertz CT molecular complexity index is 949. The first-order valence-corrected chi connectivity index (χ1v) is 12.1. The summed E-state index contributed by atoms with van der Waals surface area (Å²) in [6.45, 7) is 7.28. The number of hydrogen-bond acceptors (Lipinski definition) is 5. The van der Waals surface area contributed by atoms with E-state index in [1.54, 1.807) is 17.0 Å². The van der Waals surface area contributed by atoms with E-state index in [-0.39, 0.29) is 23.0 Å². The first kappa shape index (κ1) is 22.2. The molecule has 0 spiro atoms. The Morgan fingerprint density at radius 2 is 1.79 bits per heavy atom. The highest BCUT2D eigenvalue weighted by Crippen LogP contribution is 2.24. The van der Waals surface area contributed by atoms with Crippen molar-refractivity contribution in [2.24, 2.45) is 0 Å². The quantitative estimate of drug-likeness (QED) is 0.661. The van der Waals surface area contributed by atoms with Crippen LogP contribution >= 0.6 is 22.9 Å². The van der Waals surface area contributed by atoms with Crippen LogP contribution in [0.15, 0.2) is 41.3 Å². The monoisotopic (exact) mass is 456 g/mol. The molecule has 2 atom stereocenters. The standard InChI is InChI=1S/C20H25ClN2O4S2/c1-4-22(13-17-7-10-19(21)28-17)20(24)16-5-8-18(9-6-16)29(25,26)23-11-14(2)27-15(3)12-23/h5-10,14-15H,4,11-13H2,1-3H3. The van der Waals surface area contributed by atoms with Crippen LogP contribution in [0.2, 0.25) is 4.34 Å². The van der Waals surface area contributed by atoms with Gasteiger partial charge in [0.1, 0.15) is 0 Å². The maximum absolute atomic E-state index is 13.0. The van der Waals surface area contributed by atoms with Gasteiger partial charge in [0.15, 0.2) is 0 Å². The summed E-state index contributed by atoms with van der Waals surface area (Å²) in [7, 11) is -3.63. The van der Waals surface area contributed by atoms with E-state index in [0.29, 0.717) is 36.1 Å². The van der Waals surface area contributed by atoms with Crippen LogP contribution in [-0.4, -0.2) is 55.4 Å². The minimum Gasteiger partial charge on any atom is -0.373 e. The number of carbonyl (C=O) groups is 1. The van der Waals surface area contributed by atoms with E-state index in [0.717, 1.165) is 4.88 Å². The van der Waals surface area contributed by atoms with Gasteiger partial charge >= 0.3 is 0 Å². The van der Waals surface area contributed by atoms with Crippen LogP contribution in [-0.2, 0) is 21.3 Å². The molecule has 1 aliphatic heterocycles. The number of benzene rings is 1. The largest absolute Gasteiger partial charge is 0.373 e. The average Bonchev–Trinajstić information content (AvgIpc) is 3.09. The van der Waals surface area contributed by atoms with Crippen molar-refractivity contribution in [3.63, 3.8) is 0 Å². The lowest BCUT2D eigenvalue weighted by molar-refractivity contribution is -0.0440. The third kappa shape index (κ3) is 5.19. The molecular formula is C20H25ClN2O4S2. The van der Waals surface area contributed by atoms with E-state index >= 15 is 0 Å². The molecule has 3 rings (SSSR count). The summed E-state index contributed by atoms with van der Waals surface area (Å²) in [6, 6.07) is 9.88. The Labute approximate surface area is 181 Å². The number of amides is 1. The van der Waals surface area contributed by atoms with Crippen molar-refractivity contribution < 1.29 is 17.9 Å². The lowest BCUT2D eigenvalue weighted by Gasteiger charge is -2.34. The van der Waals surface area contributed by atoms with Crippen molar-refractivity contribution in [3.8, 4) is 0 Å². The van der Waals surface area contributed by atoms with E-state index in [1.165, 1.54) is 27.8 Å². The highest BCUT2D eigenvalue weighted by molar-refractivity contribution is 7.89. The molecule has 2 unspecified atom stereocenters. The summed E-state index contributed by atoms with van der Waals surface area (Å²) in [4.78, 5) is 15.7. The molecule has 1 amide bonds. The molecular weight excluding hydrogens is 432 g/mol. The van der Waals surface area contributed by atoms with Gasteiger partial charge in [0.05, 0.1) is 28.0 Å². The zero-order valence-corrected chi connectivity index (χ0v) is 19.1. The number of rotatable bonds is 6. The Hall–Kier alpha value is -1.45. The van der Waals surface area contributed by atoms with Crippen LogP contribution in [0.1, 0.15) is 36.0 Å². The molecule has 0 bridgehead atoms. The van der Waals surface area contributed by atoms with Gasteiger partial charge in [0.25, 0.3) is 5.91 Å². The smallest absolute Gasteiger partial charge is 0.254 e. The second kappa shape index (κ2) is 9.14.